The third-order valence-electron chi connectivity index (χ3n) is 2.37. The lowest BCUT2D eigenvalue weighted by Gasteiger charge is -2.00. The number of methoxy groups -OCH3 is 1. The monoisotopic (exact) mass is 279 g/mol. The van der Waals surface area contributed by atoms with Crippen LogP contribution < -0.4 is 5.32 Å². The second-order valence-electron chi connectivity index (χ2n) is 3.87. The van der Waals surface area contributed by atoms with Crippen molar-refractivity contribution in [3.8, 4) is 0 Å². The maximum absolute atomic E-state index is 11.9. The van der Waals surface area contributed by atoms with E-state index < -0.39 is 5.97 Å². The number of carbonyl (C=O) groups is 2. The molecule has 2 rings (SSSR count). The lowest BCUT2D eigenvalue weighted by molar-refractivity contribution is -0.141. The number of esters is 1. The number of carbonyl (C=O) groups excluding carboxylic acids is 2. The van der Waals surface area contributed by atoms with E-state index in [1.165, 1.54) is 29.3 Å². The van der Waals surface area contributed by atoms with Gasteiger partial charge < -0.3 is 10.1 Å². The number of nitrogens with zero attached hydrogens (tertiary/aromatic N) is 2. The van der Waals surface area contributed by atoms with Gasteiger partial charge in [0.1, 0.15) is 6.54 Å². The van der Waals surface area contributed by atoms with Gasteiger partial charge in [-0.2, -0.15) is 5.10 Å². The molecule has 0 radical (unpaired) electrons. The Bertz CT molecular complexity index is 603. The minimum Gasteiger partial charge on any atom is -0.468 e. The molecule has 19 heavy (non-hydrogen) atoms. The van der Waals surface area contributed by atoms with Crippen LogP contribution in [0.2, 0.25) is 0 Å². The summed E-state index contributed by atoms with van der Waals surface area (Å²) in [6.45, 7) is 1.96. The first kappa shape index (κ1) is 13.3. The minimum atomic E-state index is -0.394. The zero-order chi connectivity index (χ0) is 13.8. The van der Waals surface area contributed by atoms with Crippen LogP contribution in [0.25, 0.3) is 0 Å². The number of hydrogen-bond acceptors (Lipinski definition) is 5. The highest BCUT2D eigenvalue weighted by Crippen LogP contribution is 2.16. The fourth-order valence-corrected chi connectivity index (χ4v) is 2.22. The Labute approximate surface area is 114 Å². The van der Waals surface area contributed by atoms with Crippen LogP contribution in [0.1, 0.15) is 14.5 Å². The molecule has 0 aliphatic carbocycles. The molecule has 2 aromatic heterocycles. The first-order chi connectivity index (χ1) is 9.08. The average Bonchev–Trinajstić information content (AvgIpc) is 2.98. The Morgan fingerprint density at radius 2 is 2.26 bits per heavy atom. The predicted molar refractivity (Wildman–Crippen MR) is 71.3 cm³/mol. The number of nitrogens with one attached hydrogen (secondary N) is 1. The summed E-state index contributed by atoms with van der Waals surface area (Å²) in [5.74, 6) is -0.578. The molecule has 7 heteroatoms. The lowest BCUT2D eigenvalue weighted by atomic mass is 10.4. The van der Waals surface area contributed by atoms with Gasteiger partial charge in [-0.25, -0.2) is 0 Å². The number of hydrogen-bond donors (Lipinski definition) is 1. The molecule has 0 atom stereocenters. The molecule has 2 aromatic rings. The van der Waals surface area contributed by atoms with Gasteiger partial charge >= 0.3 is 5.97 Å². The third-order valence-corrected chi connectivity index (χ3v) is 3.37. The lowest BCUT2D eigenvalue weighted by Crippen LogP contribution is -2.12. The highest BCUT2D eigenvalue weighted by atomic mass is 32.1. The van der Waals surface area contributed by atoms with Gasteiger partial charge in [-0.05, 0) is 19.1 Å². The number of rotatable bonds is 4. The largest absolute Gasteiger partial charge is 0.468 e. The summed E-state index contributed by atoms with van der Waals surface area (Å²) in [4.78, 5) is 24.7. The van der Waals surface area contributed by atoms with E-state index >= 15 is 0 Å². The van der Waals surface area contributed by atoms with Crippen LogP contribution in [0.5, 0.6) is 0 Å². The molecule has 0 saturated heterocycles. The van der Waals surface area contributed by atoms with Gasteiger partial charge in [0.15, 0.2) is 0 Å². The van der Waals surface area contributed by atoms with E-state index in [1.807, 2.05) is 13.0 Å². The van der Waals surface area contributed by atoms with Crippen molar-refractivity contribution in [1.29, 1.82) is 0 Å². The number of ether oxygens (including phenoxy) is 1. The van der Waals surface area contributed by atoms with Crippen LogP contribution in [-0.4, -0.2) is 28.8 Å². The second kappa shape index (κ2) is 5.66. The van der Waals surface area contributed by atoms with E-state index in [-0.39, 0.29) is 12.5 Å². The van der Waals surface area contributed by atoms with Crippen molar-refractivity contribution in [2.75, 3.05) is 12.4 Å². The summed E-state index contributed by atoms with van der Waals surface area (Å²) in [5.41, 5.74) is 0.542. The van der Waals surface area contributed by atoms with E-state index in [1.54, 1.807) is 12.3 Å². The van der Waals surface area contributed by atoms with E-state index in [0.29, 0.717) is 10.6 Å². The van der Waals surface area contributed by atoms with Crippen molar-refractivity contribution >= 4 is 28.9 Å². The highest BCUT2D eigenvalue weighted by Gasteiger charge is 2.10. The molecular weight excluding hydrogens is 266 g/mol. The van der Waals surface area contributed by atoms with Crippen molar-refractivity contribution < 1.29 is 14.3 Å². The maximum Gasteiger partial charge on any atom is 0.327 e. The number of aryl methyl sites for hydroxylation is 1. The molecule has 0 spiro atoms. The van der Waals surface area contributed by atoms with Gasteiger partial charge in [-0.15, -0.1) is 11.3 Å². The molecular formula is C12H13N3O3S. The number of amides is 1. The van der Waals surface area contributed by atoms with Crippen LogP contribution in [0, 0.1) is 6.92 Å². The van der Waals surface area contributed by atoms with Crippen LogP contribution in [-0.2, 0) is 16.1 Å². The third kappa shape index (κ3) is 3.41. The molecule has 1 N–H and O–H groups in total. The number of thiophene rings is 1. The van der Waals surface area contributed by atoms with Crippen molar-refractivity contribution in [3.05, 3.63) is 34.3 Å². The molecule has 2 heterocycles. The van der Waals surface area contributed by atoms with E-state index in [0.717, 1.165) is 4.88 Å². The molecule has 0 unspecified atom stereocenters. The zero-order valence-electron chi connectivity index (χ0n) is 10.5. The fourth-order valence-electron chi connectivity index (χ4n) is 1.46. The quantitative estimate of drug-likeness (QED) is 0.864. The normalized spacial score (nSPS) is 10.2. The standard InChI is InChI=1S/C12H13N3O3S/c1-8-3-4-10(19-8)12(17)14-9-5-13-15(6-9)7-11(16)18-2/h3-6H,7H2,1-2H3,(H,14,17). The second-order valence-corrected chi connectivity index (χ2v) is 5.16. The summed E-state index contributed by atoms with van der Waals surface area (Å²) >= 11 is 1.42. The average molecular weight is 279 g/mol. The number of aromatic nitrogens is 2. The summed E-state index contributed by atoms with van der Waals surface area (Å²) < 4.78 is 5.94. The van der Waals surface area contributed by atoms with Gasteiger partial charge in [-0.3, -0.25) is 14.3 Å². The Morgan fingerprint density at radius 1 is 1.47 bits per heavy atom. The molecule has 1 amide bonds. The van der Waals surface area contributed by atoms with Gasteiger partial charge in [0.05, 0.1) is 23.9 Å². The Balaban J connectivity index is 2.00. The number of anilines is 1. The Morgan fingerprint density at radius 3 is 2.89 bits per heavy atom. The molecule has 0 aliphatic rings. The van der Waals surface area contributed by atoms with E-state index in [4.69, 9.17) is 0 Å². The summed E-state index contributed by atoms with van der Waals surface area (Å²) in [7, 11) is 1.31. The smallest absolute Gasteiger partial charge is 0.327 e. The fraction of sp³-hybridized carbons (Fsp3) is 0.250. The van der Waals surface area contributed by atoms with Crippen LogP contribution in [0.15, 0.2) is 24.5 Å². The Kier molecular flexibility index (Phi) is 3.96. The van der Waals surface area contributed by atoms with E-state index in [9.17, 15) is 9.59 Å². The topological polar surface area (TPSA) is 73.2 Å². The van der Waals surface area contributed by atoms with Crippen molar-refractivity contribution in [3.63, 3.8) is 0 Å². The van der Waals surface area contributed by atoms with Gasteiger partial charge in [0, 0.05) is 11.1 Å². The van der Waals surface area contributed by atoms with E-state index in [2.05, 4.69) is 15.2 Å². The van der Waals surface area contributed by atoms with Gasteiger partial charge in [-0.1, -0.05) is 0 Å². The zero-order valence-corrected chi connectivity index (χ0v) is 11.4. The summed E-state index contributed by atoms with van der Waals surface area (Å²) in [6, 6.07) is 3.66. The maximum atomic E-state index is 11.9. The van der Waals surface area contributed by atoms with Crippen molar-refractivity contribution in [2.24, 2.45) is 0 Å². The van der Waals surface area contributed by atoms with Crippen LogP contribution >= 0.6 is 11.3 Å². The minimum absolute atomic E-state index is 0.0183. The van der Waals surface area contributed by atoms with Gasteiger partial charge in [0.25, 0.3) is 5.91 Å². The molecule has 0 fully saturated rings. The molecule has 6 nitrogen and oxygen atoms in total. The molecule has 0 aromatic carbocycles. The van der Waals surface area contributed by atoms with Crippen LogP contribution in [0.4, 0.5) is 5.69 Å². The summed E-state index contributed by atoms with van der Waals surface area (Å²) in [6.07, 6.45) is 3.07. The summed E-state index contributed by atoms with van der Waals surface area (Å²) in [5, 5.41) is 6.68. The van der Waals surface area contributed by atoms with Crippen molar-refractivity contribution in [1.82, 2.24) is 9.78 Å². The predicted octanol–water partition coefficient (Wildman–Crippen LogP) is 1.68. The first-order valence-corrected chi connectivity index (χ1v) is 6.37. The molecule has 0 aliphatic heterocycles. The van der Waals surface area contributed by atoms with Crippen LogP contribution in [0.3, 0.4) is 0 Å². The molecule has 100 valence electrons. The van der Waals surface area contributed by atoms with Gasteiger partial charge in [0.2, 0.25) is 0 Å². The molecule has 0 bridgehead atoms. The first-order valence-electron chi connectivity index (χ1n) is 5.55. The van der Waals surface area contributed by atoms with Crippen molar-refractivity contribution in [2.45, 2.75) is 13.5 Å². The Hall–Kier alpha value is -2.15. The molecule has 0 saturated carbocycles. The highest BCUT2D eigenvalue weighted by molar-refractivity contribution is 7.14. The SMILES string of the molecule is COC(=O)Cn1cc(NC(=O)c2ccc(C)s2)cn1.